The second kappa shape index (κ2) is 4.04. The quantitative estimate of drug-likeness (QED) is 0.560. The molecule has 0 aliphatic carbocycles. The first-order valence-electron chi connectivity index (χ1n) is 3.76. The van der Waals surface area contributed by atoms with Crippen molar-refractivity contribution in [3.63, 3.8) is 0 Å². The molecular formula is C9H7F3OS. The summed E-state index contributed by atoms with van der Waals surface area (Å²) < 4.78 is 36.1. The monoisotopic (exact) mass is 220 g/mol. The van der Waals surface area contributed by atoms with Crippen molar-refractivity contribution in [1.29, 1.82) is 0 Å². The number of benzene rings is 1. The van der Waals surface area contributed by atoms with Gasteiger partial charge in [0.1, 0.15) is 0 Å². The van der Waals surface area contributed by atoms with Crippen molar-refractivity contribution in [3.05, 3.63) is 29.8 Å². The summed E-state index contributed by atoms with van der Waals surface area (Å²) in [6, 6.07) is 5.68. The smallest absolute Gasteiger partial charge is 0.294 e. The summed E-state index contributed by atoms with van der Waals surface area (Å²) in [6.07, 6.45) is 0. The van der Waals surface area contributed by atoms with Crippen LogP contribution in [0.25, 0.3) is 0 Å². The van der Waals surface area contributed by atoms with Crippen molar-refractivity contribution < 1.29 is 18.0 Å². The molecule has 0 heterocycles. The molecule has 76 valence electrons. The van der Waals surface area contributed by atoms with Gasteiger partial charge in [-0.3, -0.25) is 4.79 Å². The predicted octanol–water partition coefficient (Wildman–Crippen LogP) is 3.50. The van der Waals surface area contributed by atoms with Gasteiger partial charge >= 0.3 is 5.51 Å². The Kier molecular flexibility index (Phi) is 3.21. The summed E-state index contributed by atoms with van der Waals surface area (Å²) in [7, 11) is 0. The maximum absolute atomic E-state index is 12.0. The zero-order valence-corrected chi connectivity index (χ0v) is 8.08. The number of hydrogen-bond donors (Lipinski definition) is 0. The van der Waals surface area contributed by atoms with E-state index in [1.54, 1.807) is 0 Å². The molecule has 0 amide bonds. The lowest BCUT2D eigenvalue weighted by atomic mass is 10.1. The van der Waals surface area contributed by atoms with Crippen LogP contribution in [0.15, 0.2) is 29.2 Å². The van der Waals surface area contributed by atoms with E-state index < -0.39 is 5.51 Å². The van der Waals surface area contributed by atoms with Gasteiger partial charge in [-0.2, -0.15) is 13.2 Å². The van der Waals surface area contributed by atoms with Crippen molar-refractivity contribution in [2.24, 2.45) is 0 Å². The summed E-state index contributed by atoms with van der Waals surface area (Å²) in [6.45, 7) is 1.25. The fraction of sp³-hybridized carbons (Fsp3) is 0.222. The van der Waals surface area contributed by atoms with Crippen LogP contribution in [0.2, 0.25) is 0 Å². The summed E-state index contributed by atoms with van der Waals surface area (Å²) in [5.41, 5.74) is -4.25. The largest absolute Gasteiger partial charge is 0.446 e. The highest BCUT2D eigenvalue weighted by molar-refractivity contribution is 8.00. The lowest BCUT2D eigenvalue weighted by molar-refractivity contribution is -0.0328. The Morgan fingerprint density at radius 1 is 1.29 bits per heavy atom. The molecular weight excluding hydrogens is 213 g/mol. The third-order valence-electron chi connectivity index (χ3n) is 1.49. The average Bonchev–Trinajstić information content (AvgIpc) is 2.01. The molecule has 14 heavy (non-hydrogen) atoms. The second-order valence-corrected chi connectivity index (χ2v) is 3.71. The third-order valence-corrected chi connectivity index (χ3v) is 2.30. The molecule has 1 aromatic carbocycles. The summed E-state index contributed by atoms with van der Waals surface area (Å²) in [5, 5.41) is 0. The molecule has 0 spiro atoms. The van der Waals surface area contributed by atoms with Crippen LogP contribution in [0.3, 0.4) is 0 Å². The Morgan fingerprint density at radius 2 is 1.86 bits per heavy atom. The van der Waals surface area contributed by atoms with Crippen LogP contribution in [0.4, 0.5) is 13.2 Å². The molecule has 0 atom stereocenters. The van der Waals surface area contributed by atoms with E-state index in [9.17, 15) is 18.0 Å². The minimum Gasteiger partial charge on any atom is -0.294 e. The molecule has 5 heteroatoms. The predicted molar refractivity (Wildman–Crippen MR) is 48.4 cm³/mol. The Hall–Kier alpha value is -0.970. The molecule has 0 unspecified atom stereocenters. The number of ketones is 1. The van der Waals surface area contributed by atoms with Gasteiger partial charge in [-0.15, -0.1) is 0 Å². The summed E-state index contributed by atoms with van der Waals surface area (Å²) in [5.74, 6) is -0.364. The highest BCUT2D eigenvalue weighted by Gasteiger charge is 2.30. The number of thioether (sulfide) groups is 1. The number of carbonyl (C=O) groups is 1. The SMILES string of the molecule is CC(=O)c1ccccc1SC(F)(F)F. The molecule has 0 fully saturated rings. The van der Waals surface area contributed by atoms with E-state index >= 15 is 0 Å². The molecule has 0 saturated heterocycles. The van der Waals surface area contributed by atoms with Gasteiger partial charge in [0.05, 0.1) is 0 Å². The van der Waals surface area contributed by atoms with Crippen molar-refractivity contribution in [2.45, 2.75) is 17.3 Å². The first-order valence-corrected chi connectivity index (χ1v) is 4.57. The van der Waals surface area contributed by atoms with E-state index in [0.29, 0.717) is 0 Å². The van der Waals surface area contributed by atoms with E-state index in [0.717, 1.165) is 0 Å². The molecule has 1 aromatic rings. The molecule has 0 bridgehead atoms. The first kappa shape index (κ1) is 11.1. The van der Waals surface area contributed by atoms with Gasteiger partial charge in [0, 0.05) is 10.5 Å². The van der Waals surface area contributed by atoms with Gasteiger partial charge in [0.25, 0.3) is 0 Å². The maximum atomic E-state index is 12.0. The van der Waals surface area contributed by atoms with Gasteiger partial charge < -0.3 is 0 Å². The van der Waals surface area contributed by atoms with E-state index in [1.807, 2.05) is 0 Å². The Balaban J connectivity index is 3.02. The second-order valence-electron chi connectivity index (χ2n) is 2.60. The summed E-state index contributed by atoms with van der Waals surface area (Å²) in [4.78, 5) is 10.9. The van der Waals surface area contributed by atoms with E-state index in [-0.39, 0.29) is 28.0 Å². The van der Waals surface area contributed by atoms with Crippen LogP contribution in [0, 0.1) is 0 Å². The topological polar surface area (TPSA) is 17.1 Å². The molecule has 0 aliphatic rings. The van der Waals surface area contributed by atoms with E-state index in [1.165, 1.54) is 31.2 Å². The van der Waals surface area contributed by atoms with Crippen LogP contribution < -0.4 is 0 Å². The molecule has 0 N–H and O–H groups in total. The number of hydrogen-bond acceptors (Lipinski definition) is 2. The van der Waals surface area contributed by atoms with Gasteiger partial charge in [0.2, 0.25) is 0 Å². The number of carbonyl (C=O) groups excluding carboxylic acids is 1. The fourth-order valence-corrected chi connectivity index (χ4v) is 1.69. The summed E-state index contributed by atoms with van der Waals surface area (Å²) >= 11 is -0.265. The minimum atomic E-state index is -4.36. The number of halogens is 3. The Bertz CT molecular complexity index is 346. The fourth-order valence-electron chi connectivity index (χ4n) is 0.971. The standard InChI is InChI=1S/C9H7F3OS/c1-6(13)7-4-2-3-5-8(7)14-9(10,11)12/h2-5H,1H3. The van der Waals surface area contributed by atoms with Crippen molar-refractivity contribution in [3.8, 4) is 0 Å². The zero-order valence-electron chi connectivity index (χ0n) is 7.26. The Labute approximate surface area is 83.3 Å². The van der Waals surface area contributed by atoms with Crippen LogP contribution in [-0.4, -0.2) is 11.3 Å². The van der Waals surface area contributed by atoms with Gasteiger partial charge in [-0.1, -0.05) is 18.2 Å². The molecule has 1 rings (SSSR count). The highest BCUT2D eigenvalue weighted by Crippen LogP contribution is 2.38. The number of alkyl halides is 3. The normalized spacial score (nSPS) is 11.4. The van der Waals surface area contributed by atoms with Crippen LogP contribution in [0.1, 0.15) is 17.3 Å². The molecule has 0 aliphatic heterocycles. The van der Waals surface area contributed by atoms with Gasteiger partial charge in [-0.25, -0.2) is 0 Å². The van der Waals surface area contributed by atoms with Crippen LogP contribution in [0.5, 0.6) is 0 Å². The van der Waals surface area contributed by atoms with Crippen LogP contribution >= 0.6 is 11.8 Å². The van der Waals surface area contributed by atoms with E-state index in [4.69, 9.17) is 0 Å². The average molecular weight is 220 g/mol. The lowest BCUT2D eigenvalue weighted by Crippen LogP contribution is -2.02. The first-order chi connectivity index (χ1) is 6.40. The van der Waals surface area contributed by atoms with Crippen LogP contribution in [-0.2, 0) is 0 Å². The number of rotatable bonds is 2. The van der Waals surface area contributed by atoms with E-state index in [2.05, 4.69) is 0 Å². The zero-order chi connectivity index (χ0) is 10.8. The molecule has 0 radical (unpaired) electrons. The highest BCUT2D eigenvalue weighted by atomic mass is 32.2. The van der Waals surface area contributed by atoms with Crippen molar-refractivity contribution >= 4 is 17.5 Å². The minimum absolute atomic E-state index is 0.0486. The van der Waals surface area contributed by atoms with Gasteiger partial charge in [-0.05, 0) is 24.8 Å². The maximum Gasteiger partial charge on any atom is 0.446 e. The number of Topliss-reactive ketones (excluding diaryl/α,β-unsaturated/α-hetero) is 1. The third kappa shape index (κ3) is 3.06. The Morgan fingerprint density at radius 3 is 2.36 bits per heavy atom. The molecule has 1 nitrogen and oxygen atoms in total. The molecule has 0 saturated carbocycles. The van der Waals surface area contributed by atoms with Crippen molar-refractivity contribution in [2.75, 3.05) is 0 Å². The lowest BCUT2D eigenvalue weighted by Gasteiger charge is -2.08. The van der Waals surface area contributed by atoms with Crippen molar-refractivity contribution in [1.82, 2.24) is 0 Å². The van der Waals surface area contributed by atoms with Gasteiger partial charge in [0.15, 0.2) is 5.78 Å². The molecule has 0 aromatic heterocycles.